The van der Waals surface area contributed by atoms with E-state index in [1.807, 2.05) is 6.92 Å². The molecule has 2 heterocycles. The lowest BCUT2D eigenvalue weighted by molar-refractivity contribution is -0.154. The van der Waals surface area contributed by atoms with E-state index in [2.05, 4.69) is 4.98 Å². The number of halogens is 3. The second-order valence-electron chi connectivity index (χ2n) is 10.2. The molecular weight excluding hydrogens is 507 g/mol. The van der Waals surface area contributed by atoms with Crippen LogP contribution >= 0.6 is 11.3 Å². The summed E-state index contributed by atoms with van der Waals surface area (Å²) in [5, 5.41) is 24.0. The van der Waals surface area contributed by atoms with E-state index < -0.39 is 71.9 Å². The average Bonchev–Trinajstić information content (AvgIpc) is 3.21. The van der Waals surface area contributed by atoms with Gasteiger partial charge in [0.1, 0.15) is 11.9 Å². The predicted molar refractivity (Wildman–Crippen MR) is 137 cm³/mol. The van der Waals surface area contributed by atoms with Gasteiger partial charge in [-0.15, -0.1) is 11.3 Å². The summed E-state index contributed by atoms with van der Waals surface area (Å²) in [5.41, 5.74) is -1.11. The van der Waals surface area contributed by atoms with Gasteiger partial charge in [-0.3, -0.25) is 9.59 Å². The highest BCUT2D eigenvalue weighted by atomic mass is 32.1. The highest BCUT2D eigenvalue weighted by molar-refractivity contribution is 7.09. The van der Waals surface area contributed by atoms with Crippen molar-refractivity contribution in [1.29, 1.82) is 0 Å². The highest BCUT2D eigenvalue weighted by Crippen LogP contribution is 2.33. The number of thiazole rings is 1. The van der Waals surface area contributed by atoms with Gasteiger partial charge in [0.2, 0.25) is 0 Å². The van der Waals surface area contributed by atoms with Crippen molar-refractivity contribution in [1.82, 2.24) is 4.98 Å². The molecule has 2 N–H and O–H groups in total. The van der Waals surface area contributed by atoms with Crippen LogP contribution in [0.25, 0.3) is 6.08 Å². The molecule has 10 heteroatoms. The largest absolute Gasteiger partial charge is 0.457 e. The number of rotatable bonds is 2. The summed E-state index contributed by atoms with van der Waals surface area (Å²) in [7, 11) is 0. The van der Waals surface area contributed by atoms with Gasteiger partial charge in [-0.25, -0.2) is 4.98 Å². The van der Waals surface area contributed by atoms with Gasteiger partial charge in [0.25, 0.3) is 0 Å². The molecule has 0 bridgehead atoms. The fourth-order valence-corrected chi connectivity index (χ4v) is 4.74. The second-order valence-corrected chi connectivity index (χ2v) is 11.3. The van der Waals surface area contributed by atoms with E-state index in [9.17, 15) is 33.0 Å². The Balaban J connectivity index is 2.50. The number of ketones is 1. The smallest absolute Gasteiger partial charge is 0.412 e. The van der Waals surface area contributed by atoms with Crippen molar-refractivity contribution in [3.63, 3.8) is 0 Å². The van der Waals surface area contributed by atoms with Crippen LogP contribution in [-0.2, 0) is 14.3 Å². The van der Waals surface area contributed by atoms with Crippen LogP contribution < -0.4 is 0 Å². The minimum absolute atomic E-state index is 0.243. The maximum Gasteiger partial charge on any atom is 0.412 e. The first-order chi connectivity index (χ1) is 17.0. The third-order valence-corrected chi connectivity index (χ3v) is 7.60. The highest BCUT2D eigenvalue weighted by Gasteiger charge is 2.42. The van der Waals surface area contributed by atoms with Crippen molar-refractivity contribution in [3.05, 3.63) is 45.5 Å². The van der Waals surface area contributed by atoms with Gasteiger partial charge in [0.05, 0.1) is 34.7 Å². The van der Waals surface area contributed by atoms with Gasteiger partial charge in [-0.1, -0.05) is 45.9 Å². The third-order valence-electron chi connectivity index (χ3n) is 6.81. The predicted octanol–water partition coefficient (Wildman–Crippen LogP) is 5.58. The molecule has 1 unspecified atom stereocenters. The number of esters is 1. The molecule has 1 aromatic rings. The molecule has 1 aliphatic heterocycles. The molecule has 37 heavy (non-hydrogen) atoms. The first-order valence-electron chi connectivity index (χ1n) is 12.2. The van der Waals surface area contributed by atoms with Crippen LogP contribution in [0.1, 0.15) is 64.6 Å². The molecule has 0 radical (unpaired) electrons. The molecule has 0 saturated heterocycles. The van der Waals surface area contributed by atoms with Crippen LogP contribution in [0.15, 0.2) is 34.8 Å². The summed E-state index contributed by atoms with van der Waals surface area (Å²) < 4.78 is 46.8. The molecule has 5 atom stereocenters. The molecule has 6 nitrogen and oxygen atoms in total. The van der Waals surface area contributed by atoms with Gasteiger partial charge in [-0.05, 0) is 31.9 Å². The molecule has 0 fully saturated rings. The lowest BCUT2D eigenvalue weighted by atomic mass is 9.73. The van der Waals surface area contributed by atoms with Gasteiger partial charge >= 0.3 is 12.1 Å². The van der Waals surface area contributed by atoms with Crippen molar-refractivity contribution < 1.29 is 37.7 Å². The standard InChI is InChI=1S/C27H36F3NO5S/c1-15-8-7-9-19(27(28,29)30)10-11-21(16(2)12-20-14-37-18(4)31-20)36-23(33)13-22(32)26(5,6)25(35)17(3)24(15)34/h7-8,10,12,14-15,17,21-22,24,32,34H,9,11,13H2,1-6H3/b8-7+,16-12+,19-10+/t15-,17+,21-,22?,24-/m0/s1. The number of allylic oxidation sites excluding steroid dienone is 2. The van der Waals surface area contributed by atoms with E-state index in [-0.39, 0.29) is 6.42 Å². The number of hydrogen-bond acceptors (Lipinski definition) is 7. The molecule has 1 aromatic heterocycles. The van der Waals surface area contributed by atoms with Gasteiger partial charge in [-0.2, -0.15) is 13.2 Å². The molecule has 0 spiro atoms. The molecule has 1 aliphatic rings. The van der Waals surface area contributed by atoms with Gasteiger partial charge < -0.3 is 14.9 Å². The van der Waals surface area contributed by atoms with Crippen molar-refractivity contribution >= 4 is 29.2 Å². The van der Waals surface area contributed by atoms with Crippen LogP contribution in [0.4, 0.5) is 13.2 Å². The number of nitrogens with zero attached hydrogens (tertiary/aromatic N) is 1. The SMILES string of the molecule is C/C(=C\c1csc(C)n1)[C@@H]1C/C=C(/C(F)(F)F)C/C=C/[C@H](C)[C@H](O)[C@@H](C)C(=O)C(C)(C)C(O)CC(=O)O1. The molecule has 206 valence electrons. The number of Topliss-reactive ketones (excluding diaryl/α,β-unsaturated/α-hetero) is 1. The zero-order valence-corrected chi connectivity index (χ0v) is 22.8. The summed E-state index contributed by atoms with van der Waals surface area (Å²) in [6, 6.07) is 0. The quantitative estimate of drug-likeness (QED) is 0.373. The average molecular weight is 544 g/mol. The minimum Gasteiger partial charge on any atom is -0.457 e. The number of aromatic nitrogens is 1. The van der Waals surface area contributed by atoms with E-state index in [0.717, 1.165) is 11.1 Å². The molecule has 0 aromatic carbocycles. The van der Waals surface area contributed by atoms with E-state index in [1.54, 1.807) is 25.3 Å². The Hall–Kier alpha value is -2.30. The Bertz CT molecular complexity index is 1060. The van der Waals surface area contributed by atoms with E-state index in [1.165, 1.54) is 44.3 Å². The number of aliphatic hydroxyl groups excluding tert-OH is 2. The lowest BCUT2D eigenvalue weighted by Gasteiger charge is -2.34. The Morgan fingerprint density at radius 1 is 1.24 bits per heavy atom. The fraction of sp³-hybridized carbons (Fsp3) is 0.593. The first-order valence-corrected chi connectivity index (χ1v) is 13.0. The maximum absolute atomic E-state index is 13.8. The molecule has 0 aliphatic carbocycles. The van der Waals surface area contributed by atoms with Crippen molar-refractivity contribution in [2.24, 2.45) is 17.3 Å². The van der Waals surface area contributed by atoms with E-state index >= 15 is 0 Å². The minimum atomic E-state index is -4.61. The third kappa shape index (κ3) is 8.35. The van der Waals surface area contributed by atoms with Gasteiger partial charge in [0.15, 0.2) is 0 Å². The van der Waals surface area contributed by atoms with Crippen LogP contribution in [0.2, 0.25) is 0 Å². The van der Waals surface area contributed by atoms with Crippen LogP contribution in [0, 0.1) is 24.2 Å². The Morgan fingerprint density at radius 3 is 2.46 bits per heavy atom. The number of aliphatic hydroxyl groups is 2. The Morgan fingerprint density at radius 2 is 1.89 bits per heavy atom. The number of aryl methyl sites for hydroxylation is 1. The number of alkyl halides is 3. The molecular formula is C27H36F3NO5S. The number of cyclic esters (lactones) is 1. The summed E-state index contributed by atoms with van der Waals surface area (Å²) >= 11 is 1.41. The zero-order valence-electron chi connectivity index (χ0n) is 22.0. The molecule has 0 saturated carbocycles. The van der Waals surface area contributed by atoms with Gasteiger partial charge in [0, 0.05) is 29.2 Å². The lowest BCUT2D eigenvalue weighted by Crippen LogP contribution is -2.45. The van der Waals surface area contributed by atoms with E-state index in [4.69, 9.17) is 4.74 Å². The van der Waals surface area contributed by atoms with Crippen LogP contribution in [0.3, 0.4) is 0 Å². The topological polar surface area (TPSA) is 96.7 Å². The molecule has 2 rings (SSSR count). The molecule has 0 amide bonds. The second kappa shape index (κ2) is 12.5. The number of ether oxygens (including phenoxy) is 1. The summed E-state index contributed by atoms with van der Waals surface area (Å²) in [6.45, 7) is 9.55. The van der Waals surface area contributed by atoms with Crippen molar-refractivity contribution in [2.75, 3.05) is 0 Å². The zero-order chi connectivity index (χ0) is 28.1. The summed E-state index contributed by atoms with van der Waals surface area (Å²) in [4.78, 5) is 30.2. The summed E-state index contributed by atoms with van der Waals surface area (Å²) in [6.07, 6.45) is -4.04. The Labute approximate surface area is 219 Å². The number of hydrogen-bond donors (Lipinski definition) is 2. The van der Waals surface area contributed by atoms with Crippen LogP contribution in [0.5, 0.6) is 0 Å². The monoisotopic (exact) mass is 543 g/mol. The first kappa shape index (κ1) is 30.9. The maximum atomic E-state index is 13.8. The van der Waals surface area contributed by atoms with E-state index in [0.29, 0.717) is 11.3 Å². The van der Waals surface area contributed by atoms with Crippen molar-refractivity contribution in [2.45, 2.75) is 85.3 Å². The fourth-order valence-electron chi connectivity index (χ4n) is 4.17. The van der Waals surface area contributed by atoms with Crippen molar-refractivity contribution in [3.8, 4) is 0 Å². The Kier molecular flexibility index (Phi) is 10.4. The number of carbonyl (C=O) groups is 2. The normalized spacial score (nSPS) is 31.4. The number of carbonyl (C=O) groups excluding carboxylic acids is 2. The van der Waals surface area contributed by atoms with Crippen LogP contribution in [-0.4, -0.2) is 51.4 Å². The summed E-state index contributed by atoms with van der Waals surface area (Å²) in [5.74, 6) is -2.85.